The molecule has 0 N–H and O–H groups in total. The largest absolute Gasteiger partial charge is 0.463 e. The Morgan fingerprint density at radius 1 is 0.942 bits per heavy atom. The zero-order valence-electron chi connectivity index (χ0n) is 29.6. The summed E-state index contributed by atoms with van der Waals surface area (Å²) in [5.41, 5.74) is 2.31. The first kappa shape index (κ1) is 38.3. The molecule has 1 aromatic carbocycles. The van der Waals surface area contributed by atoms with E-state index in [0.717, 1.165) is 41.0 Å². The van der Waals surface area contributed by atoms with E-state index in [4.69, 9.17) is 33.4 Å². The minimum Gasteiger partial charge on any atom is -0.463 e. The Kier molecular flexibility index (Phi) is 13.7. The number of rotatable bonds is 20. The molecule has 3 aliphatic rings. The highest BCUT2D eigenvalue weighted by Crippen LogP contribution is 2.41. The van der Waals surface area contributed by atoms with Crippen molar-refractivity contribution in [3.05, 3.63) is 63.4 Å². The van der Waals surface area contributed by atoms with Gasteiger partial charge in [0.25, 0.3) is 5.56 Å². The summed E-state index contributed by atoms with van der Waals surface area (Å²) in [4.78, 5) is 56.0. The van der Waals surface area contributed by atoms with E-state index < -0.39 is 17.5 Å². The lowest BCUT2D eigenvalue weighted by Gasteiger charge is -2.36. The molecule has 6 rings (SSSR count). The van der Waals surface area contributed by atoms with Crippen molar-refractivity contribution < 1.29 is 42.8 Å². The van der Waals surface area contributed by atoms with Gasteiger partial charge in [-0.15, -0.1) is 0 Å². The second-order valence-corrected chi connectivity index (χ2v) is 15.7. The molecule has 0 aliphatic carbocycles. The molecule has 1 saturated heterocycles. The molecular formula is C38H46N2O10S2. The number of cyclic esters (lactones) is 1. The van der Waals surface area contributed by atoms with Crippen LogP contribution >= 0.6 is 21.6 Å². The summed E-state index contributed by atoms with van der Waals surface area (Å²) < 4.78 is 34.8. The molecule has 1 fully saturated rings. The van der Waals surface area contributed by atoms with Gasteiger partial charge in [-0.05, 0) is 50.3 Å². The van der Waals surface area contributed by atoms with E-state index in [2.05, 4.69) is 6.07 Å². The Morgan fingerprint density at radius 3 is 2.40 bits per heavy atom. The summed E-state index contributed by atoms with van der Waals surface area (Å²) in [5, 5.41) is 1.73. The normalized spacial score (nSPS) is 18.9. The van der Waals surface area contributed by atoms with Gasteiger partial charge >= 0.3 is 17.9 Å². The van der Waals surface area contributed by atoms with E-state index in [0.29, 0.717) is 61.7 Å². The number of pyridine rings is 2. The fraction of sp³-hybridized carbons (Fsp3) is 0.553. The Bertz CT molecular complexity index is 1790. The minimum absolute atomic E-state index is 0.0808. The lowest BCUT2D eigenvalue weighted by molar-refractivity contribution is -0.181. The van der Waals surface area contributed by atoms with Gasteiger partial charge in [0, 0.05) is 47.0 Å². The summed E-state index contributed by atoms with van der Waals surface area (Å²) in [6, 6.07) is 11.7. The number of fused-ring (bicyclic) bond motifs is 5. The number of hydrogen-bond acceptors (Lipinski definition) is 13. The molecule has 5 heterocycles. The van der Waals surface area contributed by atoms with Gasteiger partial charge in [-0.3, -0.25) is 14.4 Å². The highest BCUT2D eigenvalue weighted by atomic mass is 33.1. The minimum atomic E-state index is -1.48. The molecule has 2 aromatic heterocycles. The molecule has 3 aromatic rings. The van der Waals surface area contributed by atoms with Gasteiger partial charge in [0.15, 0.2) is 5.60 Å². The Labute approximate surface area is 311 Å². The van der Waals surface area contributed by atoms with Crippen LogP contribution in [0.4, 0.5) is 0 Å². The Balaban J connectivity index is 0.871. The summed E-state index contributed by atoms with van der Waals surface area (Å²) in [6.07, 6.45) is 5.42. The number of carbonyl (C=O) groups is 3. The summed E-state index contributed by atoms with van der Waals surface area (Å²) >= 11 is 0. The first-order valence-corrected chi connectivity index (χ1v) is 20.5. The Hall–Kier alpha value is -3.43. The van der Waals surface area contributed by atoms with E-state index in [9.17, 15) is 19.2 Å². The standard InChI is InChI=1S/C38H46N2O10S2/c1-2-38(30-23-32-35-27(22-26-8-3-5-10-31(26)39-35)24-40(32)36(43)29(30)25-49-37(38)44)50-14-7-12-34(42)48-20-18-46-16-15-45-17-19-47-33(41)11-6-4-9-28-13-21-51-52-28/h3,5,8,10,22-23,28H,2,4,6-7,9,11-21,24-25H2,1H3. The molecule has 3 aliphatic heterocycles. The maximum absolute atomic E-state index is 13.7. The highest BCUT2D eigenvalue weighted by molar-refractivity contribution is 8.77. The predicted molar refractivity (Wildman–Crippen MR) is 198 cm³/mol. The van der Waals surface area contributed by atoms with Crippen molar-refractivity contribution in [3.63, 3.8) is 0 Å². The molecule has 0 amide bonds. The second kappa shape index (κ2) is 18.6. The number of benzene rings is 1. The van der Waals surface area contributed by atoms with Crippen LogP contribution in [-0.4, -0.2) is 84.7 Å². The third-order valence-electron chi connectivity index (χ3n) is 9.50. The van der Waals surface area contributed by atoms with Gasteiger partial charge in [-0.1, -0.05) is 53.1 Å². The quantitative estimate of drug-likeness (QED) is 0.0471. The number of carbonyl (C=O) groups excluding carboxylic acids is 3. The van der Waals surface area contributed by atoms with Crippen LogP contribution < -0.4 is 5.56 Å². The van der Waals surface area contributed by atoms with Crippen LogP contribution in [0.25, 0.3) is 22.3 Å². The van der Waals surface area contributed by atoms with Gasteiger partial charge < -0.3 is 33.0 Å². The van der Waals surface area contributed by atoms with Crippen LogP contribution in [-0.2, 0) is 61.6 Å². The van der Waals surface area contributed by atoms with Crippen molar-refractivity contribution in [2.75, 3.05) is 52.0 Å². The zero-order valence-corrected chi connectivity index (χ0v) is 31.2. The molecule has 0 spiro atoms. The first-order valence-electron chi connectivity index (χ1n) is 18.1. The predicted octanol–water partition coefficient (Wildman–Crippen LogP) is 5.72. The number of nitrogens with zero attached hydrogens (tertiary/aromatic N) is 2. The van der Waals surface area contributed by atoms with E-state index in [-0.39, 0.29) is 57.4 Å². The van der Waals surface area contributed by atoms with Gasteiger partial charge in [-0.2, -0.15) is 0 Å². The average Bonchev–Trinajstić information content (AvgIpc) is 3.81. The van der Waals surface area contributed by atoms with E-state index in [1.807, 2.05) is 58.8 Å². The van der Waals surface area contributed by atoms with E-state index in [1.165, 1.54) is 12.2 Å². The third-order valence-corrected chi connectivity index (χ3v) is 12.5. The van der Waals surface area contributed by atoms with Gasteiger partial charge in [-0.25, -0.2) is 9.78 Å². The van der Waals surface area contributed by atoms with Crippen molar-refractivity contribution in [1.82, 2.24) is 9.55 Å². The van der Waals surface area contributed by atoms with Crippen LogP contribution in [0.1, 0.15) is 75.0 Å². The number of ether oxygens (including phenoxy) is 6. The highest BCUT2D eigenvalue weighted by Gasteiger charge is 2.48. The van der Waals surface area contributed by atoms with Crippen LogP contribution in [0.3, 0.4) is 0 Å². The maximum atomic E-state index is 13.7. The smallest absolute Gasteiger partial charge is 0.343 e. The summed E-state index contributed by atoms with van der Waals surface area (Å²) in [5.74, 6) is 0.0738. The number of unbranched alkanes of at least 4 members (excludes halogenated alkanes) is 1. The molecule has 0 radical (unpaired) electrons. The van der Waals surface area contributed by atoms with Gasteiger partial charge in [0.2, 0.25) is 0 Å². The monoisotopic (exact) mass is 754 g/mol. The van der Waals surface area contributed by atoms with Gasteiger partial charge in [0.1, 0.15) is 19.8 Å². The van der Waals surface area contributed by atoms with Crippen LogP contribution in [0.15, 0.2) is 41.2 Å². The third kappa shape index (κ3) is 9.19. The summed E-state index contributed by atoms with van der Waals surface area (Å²) in [7, 11) is 3.90. The molecule has 0 saturated carbocycles. The fourth-order valence-corrected chi connectivity index (χ4v) is 9.74. The summed E-state index contributed by atoms with van der Waals surface area (Å²) in [6.45, 7) is 3.63. The molecule has 14 heteroatoms. The first-order chi connectivity index (χ1) is 25.4. The molecule has 2 unspecified atom stereocenters. The van der Waals surface area contributed by atoms with Crippen molar-refractivity contribution in [2.24, 2.45) is 0 Å². The van der Waals surface area contributed by atoms with Gasteiger partial charge in [0.05, 0.1) is 55.4 Å². The lowest BCUT2D eigenvalue weighted by Crippen LogP contribution is -2.46. The fourth-order valence-electron chi connectivity index (χ4n) is 6.72. The number of esters is 3. The maximum Gasteiger partial charge on any atom is 0.343 e. The zero-order chi connectivity index (χ0) is 36.3. The molecule has 280 valence electrons. The molecule has 52 heavy (non-hydrogen) atoms. The topological polar surface area (TPSA) is 141 Å². The lowest BCUT2D eigenvalue weighted by atomic mass is 9.85. The van der Waals surface area contributed by atoms with Crippen LogP contribution in [0, 0.1) is 0 Å². The van der Waals surface area contributed by atoms with Crippen molar-refractivity contribution in [2.45, 2.75) is 82.3 Å². The number of para-hydroxylation sites is 1. The number of aromatic nitrogens is 2. The van der Waals surface area contributed by atoms with Crippen LogP contribution in [0.5, 0.6) is 0 Å². The average molecular weight is 755 g/mol. The number of hydrogen-bond donors (Lipinski definition) is 0. The van der Waals surface area contributed by atoms with E-state index in [1.54, 1.807) is 4.57 Å². The molecular weight excluding hydrogens is 709 g/mol. The van der Waals surface area contributed by atoms with Crippen molar-refractivity contribution >= 4 is 50.4 Å². The van der Waals surface area contributed by atoms with Crippen LogP contribution in [0.2, 0.25) is 0 Å². The van der Waals surface area contributed by atoms with Crippen molar-refractivity contribution in [1.29, 1.82) is 0 Å². The van der Waals surface area contributed by atoms with Crippen molar-refractivity contribution in [3.8, 4) is 11.4 Å². The molecule has 2 atom stereocenters. The Morgan fingerprint density at radius 2 is 1.67 bits per heavy atom. The molecule has 12 nitrogen and oxygen atoms in total. The molecule has 0 bridgehead atoms. The second-order valence-electron chi connectivity index (χ2n) is 13.0. The van der Waals surface area contributed by atoms with E-state index >= 15 is 0 Å². The SMILES string of the molecule is CCC1(OCCCC(=O)OCCOCCOCCOC(=O)CCCCC2CCSS2)C(=O)OCc2c1cc1n(c2=O)Cc2cc3ccccc3nc2-1.